The summed E-state index contributed by atoms with van der Waals surface area (Å²) in [5, 5.41) is 0. The number of rotatable bonds is 2. The summed E-state index contributed by atoms with van der Waals surface area (Å²) in [6, 6.07) is 5.88. The Hall–Kier alpha value is -2.57. The van der Waals surface area contributed by atoms with Gasteiger partial charge < -0.3 is 19.4 Å². The number of likely N-dealkylation sites (tertiary alicyclic amines) is 1. The summed E-state index contributed by atoms with van der Waals surface area (Å²) < 4.78 is 5.43. The fourth-order valence-electron chi connectivity index (χ4n) is 4.34. The Morgan fingerprint density at radius 3 is 2.03 bits per heavy atom. The van der Waals surface area contributed by atoms with Gasteiger partial charge in [0.1, 0.15) is 5.60 Å². The lowest BCUT2D eigenvalue weighted by Crippen LogP contribution is -2.54. The summed E-state index contributed by atoms with van der Waals surface area (Å²) >= 11 is 0. The Kier molecular flexibility index (Phi) is 6.92. The highest BCUT2D eigenvalue weighted by atomic mass is 16.6. The van der Waals surface area contributed by atoms with Gasteiger partial charge in [0.2, 0.25) is 5.91 Å². The molecule has 0 bridgehead atoms. The van der Waals surface area contributed by atoms with Crippen LogP contribution in [0.5, 0.6) is 0 Å². The van der Waals surface area contributed by atoms with Gasteiger partial charge in [0.05, 0.1) is 5.92 Å². The predicted molar refractivity (Wildman–Crippen MR) is 119 cm³/mol. The zero-order valence-corrected chi connectivity index (χ0v) is 19.4. The molecule has 2 aliphatic rings. The summed E-state index contributed by atoms with van der Waals surface area (Å²) in [4.78, 5) is 43.7. The highest BCUT2D eigenvalue weighted by molar-refractivity contribution is 5.95. The van der Waals surface area contributed by atoms with Gasteiger partial charge in [0.25, 0.3) is 5.91 Å². The minimum atomic E-state index is -0.530. The van der Waals surface area contributed by atoms with E-state index in [4.69, 9.17) is 4.74 Å². The SMILES string of the molecule is Cc1cc(C)cc(C(=O)N2CCCC(C(=O)N3CCN(C(=O)OC(C)(C)C)CC3)C2)c1. The molecule has 0 radical (unpaired) electrons. The van der Waals surface area contributed by atoms with Crippen LogP contribution in [0, 0.1) is 19.8 Å². The third kappa shape index (κ3) is 5.99. The van der Waals surface area contributed by atoms with Gasteiger partial charge in [-0.1, -0.05) is 17.2 Å². The van der Waals surface area contributed by atoms with Crippen LogP contribution >= 0.6 is 0 Å². The number of aryl methyl sites for hydroxylation is 2. The van der Waals surface area contributed by atoms with Gasteiger partial charge in [-0.3, -0.25) is 9.59 Å². The quantitative estimate of drug-likeness (QED) is 0.724. The van der Waals surface area contributed by atoms with E-state index in [1.54, 1.807) is 4.90 Å². The number of amides is 3. The van der Waals surface area contributed by atoms with Crippen LogP contribution in [0.3, 0.4) is 0 Å². The van der Waals surface area contributed by atoms with Crippen LogP contribution in [-0.2, 0) is 9.53 Å². The van der Waals surface area contributed by atoms with E-state index in [1.807, 2.05) is 56.6 Å². The van der Waals surface area contributed by atoms with Gasteiger partial charge in [-0.25, -0.2) is 4.79 Å². The lowest BCUT2D eigenvalue weighted by Gasteiger charge is -2.39. The molecule has 0 saturated carbocycles. The number of carbonyl (C=O) groups excluding carboxylic acids is 3. The normalized spacial score (nSPS) is 19.9. The van der Waals surface area contributed by atoms with E-state index in [0.717, 1.165) is 24.0 Å². The smallest absolute Gasteiger partial charge is 0.410 e. The molecule has 31 heavy (non-hydrogen) atoms. The average molecular weight is 430 g/mol. The molecule has 2 heterocycles. The highest BCUT2D eigenvalue weighted by Crippen LogP contribution is 2.22. The third-order valence-electron chi connectivity index (χ3n) is 5.77. The minimum Gasteiger partial charge on any atom is -0.444 e. The summed E-state index contributed by atoms with van der Waals surface area (Å²) in [6.07, 6.45) is 1.29. The first kappa shape index (κ1) is 23.1. The van der Waals surface area contributed by atoms with Crippen LogP contribution in [-0.4, -0.2) is 77.5 Å². The summed E-state index contributed by atoms with van der Waals surface area (Å²) in [7, 11) is 0. The number of ether oxygens (including phenoxy) is 1. The number of nitrogens with zero attached hydrogens (tertiary/aromatic N) is 3. The van der Waals surface area contributed by atoms with Crippen LogP contribution in [0.1, 0.15) is 55.1 Å². The Balaban J connectivity index is 1.56. The van der Waals surface area contributed by atoms with Crippen molar-refractivity contribution in [1.29, 1.82) is 0 Å². The van der Waals surface area contributed by atoms with E-state index < -0.39 is 5.60 Å². The van der Waals surface area contributed by atoms with E-state index in [9.17, 15) is 14.4 Å². The maximum Gasteiger partial charge on any atom is 0.410 e. The Morgan fingerprint density at radius 1 is 0.871 bits per heavy atom. The maximum absolute atomic E-state index is 13.1. The van der Waals surface area contributed by atoms with Crippen LogP contribution in [0.4, 0.5) is 4.79 Å². The molecule has 1 aromatic rings. The molecule has 170 valence electrons. The topological polar surface area (TPSA) is 70.2 Å². The van der Waals surface area contributed by atoms with Gasteiger partial charge in [0.15, 0.2) is 0 Å². The highest BCUT2D eigenvalue weighted by Gasteiger charge is 2.34. The average Bonchev–Trinajstić information content (AvgIpc) is 2.71. The van der Waals surface area contributed by atoms with Crippen molar-refractivity contribution in [2.45, 2.75) is 53.1 Å². The van der Waals surface area contributed by atoms with Crippen molar-refractivity contribution >= 4 is 17.9 Å². The Bertz CT molecular complexity index is 817. The van der Waals surface area contributed by atoms with Gasteiger partial charge in [-0.05, 0) is 59.6 Å². The molecule has 0 aliphatic carbocycles. The zero-order valence-electron chi connectivity index (χ0n) is 19.4. The van der Waals surface area contributed by atoms with Crippen LogP contribution in [0.2, 0.25) is 0 Å². The van der Waals surface area contributed by atoms with Gasteiger partial charge in [-0.2, -0.15) is 0 Å². The van der Waals surface area contributed by atoms with Gasteiger partial charge >= 0.3 is 6.09 Å². The van der Waals surface area contributed by atoms with Crippen molar-refractivity contribution < 1.29 is 19.1 Å². The first-order chi connectivity index (χ1) is 14.5. The van der Waals surface area contributed by atoms with Crippen LogP contribution in [0.15, 0.2) is 18.2 Å². The van der Waals surface area contributed by atoms with E-state index in [2.05, 4.69) is 6.07 Å². The van der Waals surface area contributed by atoms with Crippen molar-refractivity contribution in [1.82, 2.24) is 14.7 Å². The fourth-order valence-corrected chi connectivity index (χ4v) is 4.34. The van der Waals surface area contributed by atoms with Gasteiger partial charge in [0, 0.05) is 44.8 Å². The molecule has 7 heteroatoms. The molecule has 3 amide bonds. The Labute approximate surface area is 185 Å². The second kappa shape index (κ2) is 9.28. The number of carbonyl (C=O) groups is 3. The number of hydrogen-bond acceptors (Lipinski definition) is 4. The molecule has 0 N–H and O–H groups in total. The molecule has 0 spiro atoms. The largest absolute Gasteiger partial charge is 0.444 e. The first-order valence-corrected chi connectivity index (χ1v) is 11.2. The lowest BCUT2D eigenvalue weighted by atomic mass is 9.95. The molecule has 2 saturated heterocycles. The molecular formula is C24H35N3O4. The van der Waals surface area contributed by atoms with Crippen molar-refractivity contribution in [3.05, 3.63) is 34.9 Å². The second-order valence-electron chi connectivity index (χ2n) is 9.76. The van der Waals surface area contributed by atoms with E-state index in [0.29, 0.717) is 44.8 Å². The summed E-state index contributed by atoms with van der Waals surface area (Å²) in [5.41, 5.74) is 2.29. The van der Waals surface area contributed by atoms with Gasteiger partial charge in [-0.15, -0.1) is 0 Å². The number of piperidine rings is 1. The molecule has 1 aromatic carbocycles. The maximum atomic E-state index is 13.1. The van der Waals surface area contributed by atoms with Crippen molar-refractivity contribution in [3.8, 4) is 0 Å². The van der Waals surface area contributed by atoms with Crippen molar-refractivity contribution in [2.24, 2.45) is 5.92 Å². The molecule has 2 fully saturated rings. The van der Waals surface area contributed by atoms with Crippen LogP contribution in [0.25, 0.3) is 0 Å². The number of piperazine rings is 1. The second-order valence-corrected chi connectivity index (χ2v) is 9.76. The number of benzene rings is 1. The Morgan fingerprint density at radius 2 is 1.45 bits per heavy atom. The molecule has 7 nitrogen and oxygen atoms in total. The molecule has 1 unspecified atom stereocenters. The van der Waals surface area contributed by atoms with E-state index >= 15 is 0 Å². The predicted octanol–water partition coefficient (Wildman–Crippen LogP) is 3.23. The fraction of sp³-hybridized carbons (Fsp3) is 0.625. The van der Waals surface area contributed by atoms with Crippen molar-refractivity contribution in [3.63, 3.8) is 0 Å². The first-order valence-electron chi connectivity index (χ1n) is 11.2. The van der Waals surface area contributed by atoms with E-state index in [-0.39, 0.29) is 23.8 Å². The standard InChI is InChI=1S/C24H35N3O4/c1-17-13-18(2)15-20(14-17)22(29)27-8-6-7-19(16-27)21(28)25-9-11-26(12-10-25)23(30)31-24(3,4)5/h13-15,19H,6-12,16H2,1-5H3. The molecule has 2 aliphatic heterocycles. The number of hydrogen-bond donors (Lipinski definition) is 0. The van der Waals surface area contributed by atoms with E-state index in [1.165, 1.54) is 0 Å². The summed E-state index contributed by atoms with van der Waals surface area (Å²) in [5.74, 6) is -0.0995. The van der Waals surface area contributed by atoms with Crippen molar-refractivity contribution in [2.75, 3.05) is 39.3 Å². The van der Waals surface area contributed by atoms with Crippen LogP contribution < -0.4 is 0 Å². The molecule has 0 aromatic heterocycles. The molecule has 1 atom stereocenters. The zero-order chi connectivity index (χ0) is 22.8. The lowest BCUT2D eigenvalue weighted by molar-refractivity contribution is -0.138. The molecule has 3 rings (SSSR count). The summed E-state index contributed by atoms with van der Waals surface area (Å²) in [6.45, 7) is 12.6. The molecular weight excluding hydrogens is 394 g/mol. The monoisotopic (exact) mass is 429 g/mol. The minimum absolute atomic E-state index is 0.000884. The third-order valence-corrected chi connectivity index (χ3v) is 5.77.